The topological polar surface area (TPSA) is 38.3 Å². The van der Waals surface area contributed by atoms with Crippen LogP contribution in [0.1, 0.15) is 29.6 Å². The molecule has 2 aromatic heterocycles. The smallest absolute Gasteiger partial charge is 0.322 e. The molecule has 0 spiro atoms. The lowest BCUT2D eigenvalue weighted by Crippen LogP contribution is -2.38. The molecule has 5 heteroatoms. The van der Waals surface area contributed by atoms with Gasteiger partial charge in [0.2, 0.25) is 0 Å². The summed E-state index contributed by atoms with van der Waals surface area (Å²) >= 11 is 3.45. The van der Waals surface area contributed by atoms with Crippen LogP contribution in [0.2, 0.25) is 0 Å². The Kier molecular flexibility index (Phi) is 5.76. The van der Waals surface area contributed by atoms with E-state index in [4.69, 9.17) is 4.74 Å². The molecule has 0 saturated carbocycles. The van der Waals surface area contributed by atoms with Gasteiger partial charge in [0.25, 0.3) is 0 Å². The van der Waals surface area contributed by atoms with E-state index >= 15 is 0 Å². The number of hydrogen-bond acceptors (Lipinski definition) is 5. The summed E-state index contributed by atoms with van der Waals surface area (Å²) in [5.74, 6) is -0.194. The lowest BCUT2D eigenvalue weighted by atomic mass is 10.1. The summed E-state index contributed by atoms with van der Waals surface area (Å²) in [6, 6.07) is 8.17. The Labute approximate surface area is 127 Å². The molecule has 0 aliphatic heterocycles. The zero-order valence-electron chi connectivity index (χ0n) is 11.7. The van der Waals surface area contributed by atoms with E-state index in [1.165, 1.54) is 9.75 Å². The van der Waals surface area contributed by atoms with Gasteiger partial charge in [0.05, 0.1) is 6.61 Å². The number of carbonyl (C=O) groups is 1. The van der Waals surface area contributed by atoms with Gasteiger partial charge in [-0.3, -0.25) is 10.1 Å². The molecule has 0 radical (unpaired) electrons. The van der Waals surface area contributed by atoms with Crippen molar-refractivity contribution in [2.24, 2.45) is 0 Å². The summed E-state index contributed by atoms with van der Waals surface area (Å²) in [4.78, 5) is 14.3. The number of nitrogens with one attached hydrogen (secondary N) is 1. The Hall–Kier alpha value is -1.17. The Morgan fingerprint density at radius 1 is 1.30 bits per heavy atom. The van der Waals surface area contributed by atoms with E-state index in [2.05, 4.69) is 34.3 Å². The molecule has 0 bridgehead atoms. The minimum absolute atomic E-state index is 0.146. The molecule has 2 unspecified atom stereocenters. The first kappa shape index (κ1) is 15.2. The molecule has 1 N–H and O–H groups in total. The Morgan fingerprint density at radius 3 is 2.65 bits per heavy atom. The third kappa shape index (κ3) is 4.16. The van der Waals surface area contributed by atoms with E-state index in [9.17, 15) is 4.79 Å². The van der Waals surface area contributed by atoms with Crippen molar-refractivity contribution in [2.75, 3.05) is 6.61 Å². The molecule has 0 aliphatic carbocycles. The molecule has 0 aliphatic rings. The molecule has 2 rings (SSSR count). The molecule has 0 aromatic carbocycles. The molecular formula is C15H19NO2S2. The van der Waals surface area contributed by atoms with Crippen LogP contribution in [-0.4, -0.2) is 18.6 Å². The molecule has 0 saturated heterocycles. The second kappa shape index (κ2) is 7.57. The number of ether oxygens (including phenoxy) is 1. The van der Waals surface area contributed by atoms with Gasteiger partial charge in [-0.2, -0.15) is 0 Å². The molecule has 2 aromatic rings. The van der Waals surface area contributed by atoms with Crippen molar-refractivity contribution in [3.8, 4) is 0 Å². The first-order valence-electron chi connectivity index (χ1n) is 6.69. The van der Waals surface area contributed by atoms with Crippen LogP contribution in [0.5, 0.6) is 0 Å². The molecule has 108 valence electrons. The maximum absolute atomic E-state index is 11.8. The van der Waals surface area contributed by atoms with E-state index < -0.39 is 0 Å². The second-order valence-corrected chi connectivity index (χ2v) is 6.50. The highest BCUT2D eigenvalue weighted by molar-refractivity contribution is 7.10. The van der Waals surface area contributed by atoms with Gasteiger partial charge in [0, 0.05) is 22.2 Å². The van der Waals surface area contributed by atoms with Crippen LogP contribution >= 0.6 is 22.7 Å². The van der Waals surface area contributed by atoms with Gasteiger partial charge >= 0.3 is 5.97 Å². The van der Waals surface area contributed by atoms with E-state index in [0.717, 1.165) is 6.42 Å². The van der Waals surface area contributed by atoms with Crippen molar-refractivity contribution in [3.05, 3.63) is 44.8 Å². The second-order valence-electron chi connectivity index (χ2n) is 4.49. The van der Waals surface area contributed by atoms with Crippen LogP contribution in [0, 0.1) is 0 Å². The van der Waals surface area contributed by atoms with Crippen LogP contribution in [0.4, 0.5) is 0 Å². The van der Waals surface area contributed by atoms with Gasteiger partial charge in [0.15, 0.2) is 0 Å². The normalized spacial score (nSPS) is 13.9. The maximum Gasteiger partial charge on any atom is 0.322 e. The lowest BCUT2D eigenvalue weighted by Gasteiger charge is -2.21. The summed E-state index contributed by atoms with van der Waals surface area (Å²) in [5.41, 5.74) is 0. The standard InChI is InChI=1S/C15H19NO2S2/c1-3-18-15(17)11(2)16-13(14-7-5-9-20-14)10-12-6-4-8-19-12/h4-9,11,13,16H,3,10H2,1-2H3. The highest BCUT2D eigenvalue weighted by Gasteiger charge is 2.21. The van der Waals surface area contributed by atoms with E-state index in [0.29, 0.717) is 6.61 Å². The SMILES string of the molecule is CCOC(=O)C(C)NC(Cc1cccs1)c1cccs1. The van der Waals surface area contributed by atoms with Crippen LogP contribution < -0.4 is 5.32 Å². The third-order valence-corrected chi connectivity index (χ3v) is 4.85. The van der Waals surface area contributed by atoms with Gasteiger partial charge in [0.1, 0.15) is 6.04 Å². The number of hydrogen-bond donors (Lipinski definition) is 1. The summed E-state index contributed by atoms with van der Waals surface area (Å²) < 4.78 is 5.06. The van der Waals surface area contributed by atoms with Gasteiger partial charge < -0.3 is 4.74 Å². The molecular weight excluding hydrogens is 290 g/mol. The van der Waals surface area contributed by atoms with E-state index in [1.807, 2.05) is 19.9 Å². The fraction of sp³-hybridized carbons (Fsp3) is 0.400. The van der Waals surface area contributed by atoms with Gasteiger partial charge in [-0.15, -0.1) is 22.7 Å². The molecule has 3 nitrogen and oxygen atoms in total. The molecule has 2 atom stereocenters. The van der Waals surface area contributed by atoms with Crippen molar-refractivity contribution in [1.29, 1.82) is 0 Å². The van der Waals surface area contributed by atoms with Crippen LogP contribution in [-0.2, 0) is 16.0 Å². The fourth-order valence-electron chi connectivity index (χ4n) is 2.00. The zero-order chi connectivity index (χ0) is 14.4. The summed E-state index contributed by atoms with van der Waals surface area (Å²) in [6.07, 6.45) is 0.891. The third-order valence-electron chi connectivity index (χ3n) is 2.96. The van der Waals surface area contributed by atoms with Crippen molar-refractivity contribution >= 4 is 28.6 Å². The minimum atomic E-state index is -0.304. The maximum atomic E-state index is 11.8. The monoisotopic (exact) mass is 309 g/mol. The van der Waals surface area contributed by atoms with Crippen molar-refractivity contribution < 1.29 is 9.53 Å². The molecule has 0 fully saturated rings. The first-order valence-corrected chi connectivity index (χ1v) is 8.45. The summed E-state index contributed by atoms with van der Waals surface area (Å²) in [6.45, 7) is 4.10. The largest absolute Gasteiger partial charge is 0.465 e. The first-order chi connectivity index (χ1) is 9.70. The van der Waals surface area contributed by atoms with Gasteiger partial charge in [-0.1, -0.05) is 12.1 Å². The van der Waals surface area contributed by atoms with Crippen molar-refractivity contribution in [2.45, 2.75) is 32.4 Å². The predicted molar refractivity (Wildman–Crippen MR) is 84.3 cm³/mol. The molecule has 2 heterocycles. The van der Waals surface area contributed by atoms with Gasteiger partial charge in [-0.05, 0) is 36.7 Å². The summed E-state index contributed by atoms with van der Waals surface area (Å²) in [5, 5.41) is 7.53. The van der Waals surface area contributed by atoms with Crippen LogP contribution in [0.3, 0.4) is 0 Å². The quantitative estimate of drug-likeness (QED) is 0.794. The van der Waals surface area contributed by atoms with Gasteiger partial charge in [-0.25, -0.2) is 0 Å². The molecule has 0 amide bonds. The Morgan fingerprint density at radius 2 is 2.05 bits per heavy atom. The number of thiophene rings is 2. The number of carbonyl (C=O) groups excluding carboxylic acids is 1. The Bertz CT molecular complexity index is 508. The Balaban J connectivity index is 2.05. The molecule has 20 heavy (non-hydrogen) atoms. The number of esters is 1. The lowest BCUT2D eigenvalue weighted by molar-refractivity contribution is -0.145. The highest BCUT2D eigenvalue weighted by atomic mass is 32.1. The average Bonchev–Trinajstić information content (AvgIpc) is 3.11. The average molecular weight is 309 g/mol. The van der Waals surface area contributed by atoms with Crippen molar-refractivity contribution in [1.82, 2.24) is 5.32 Å². The van der Waals surface area contributed by atoms with E-state index in [1.54, 1.807) is 22.7 Å². The zero-order valence-corrected chi connectivity index (χ0v) is 13.3. The van der Waals surface area contributed by atoms with Crippen molar-refractivity contribution in [3.63, 3.8) is 0 Å². The van der Waals surface area contributed by atoms with Crippen LogP contribution in [0.25, 0.3) is 0 Å². The highest BCUT2D eigenvalue weighted by Crippen LogP contribution is 2.25. The van der Waals surface area contributed by atoms with E-state index in [-0.39, 0.29) is 18.1 Å². The summed E-state index contributed by atoms with van der Waals surface area (Å²) in [7, 11) is 0. The van der Waals surface area contributed by atoms with Crippen LogP contribution in [0.15, 0.2) is 35.0 Å². The minimum Gasteiger partial charge on any atom is -0.465 e. The number of rotatable bonds is 7. The predicted octanol–water partition coefficient (Wildman–Crippen LogP) is 3.63. The fourth-order valence-corrected chi connectivity index (χ4v) is 3.54.